The Hall–Kier alpha value is -4.32. The van der Waals surface area contributed by atoms with Gasteiger partial charge in [0.2, 0.25) is 0 Å². The zero-order chi connectivity index (χ0) is 37.2. The van der Waals surface area contributed by atoms with Crippen LogP contribution in [0.2, 0.25) is 20.1 Å². The van der Waals surface area contributed by atoms with Crippen molar-refractivity contribution in [1.82, 2.24) is 0 Å². The zero-order valence-corrected chi connectivity index (χ0v) is 30.4. The van der Waals surface area contributed by atoms with Crippen molar-refractivity contribution in [1.29, 1.82) is 0 Å². The number of aliphatic hydroxyl groups is 1. The number of hydrogen-bond acceptors (Lipinski definition) is 10. The van der Waals surface area contributed by atoms with Crippen molar-refractivity contribution in [3.8, 4) is 17.2 Å². The number of benzene rings is 4. The molecular weight excluding hydrogens is 746 g/mol. The number of esters is 2. The fourth-order valence-corrected chi connectivity index (χ4v) is 4.79. The zero-order valence-electron chi connectivity index (χ0n) is 27.4. The van der Waals surface area contributed by atoms with E-state index in [1.54, 1.807) is 66.7 Å². The van der Waals surface area contributed by atoms with E-state index >= 15 is 0 Å². The van der Waals surface area contributed by atoms with Gasteiger partial charge in [0.05, 0.1) is 23.3 Å². The van der Waals surface area contributed by atoms with E-state index in [2.05, 4.69) is 6.92 Å². The Morgan fingerprint density at radius 3 is 1.45 bits per heavy atom. The second-order valence-corrected chi connectivity index (χ2v) is 12.2. The molecule has 51 heavy (non-hydrogen) atoms. The van der Waals surface area contributed by atoms with Crippen molar-refractivity contribution in [3.05, 3.63) is 122 Å². The molecule has 0 amide bonds. The number of rotatable bonds is 17. The largest absolute Gasteiger partial charge is 0.494 e. The number of hydrogen-bond donors (Lipinski definition) is 1. The lowest BCUT2D eigenvalue weighted by Crippen LogP contribution is -2.19. The summed E-state index contributed by atoms with van der Waals surface area (Å²) in [6.07, 6.45) is 2.02. The first kappa shape index (κ1) is 41.1. The van der Waals surface area contributed by atoms with Crippen LogP contribution in [0.4, 0.5) is 0 Å². The van der Waals surface area contributed by atoms with Crippen LogP contribution in [0.3, 0.4) is 0 Å². The average molecular weight is 780 g/mol. The van der Waals surface area contributed by atoms with Crippen molar-refractivity contribution >= 4 is 69.9 Å². The third kappa shape index (κ3) is 14.8. The lowest BCUT2D eigenvalue weighted by Gasteiger charge is -2.09. The van der Waals surface area contributed by atoms with Crippen molar-refractivity contribution < 1.29 is 48.0 Å². The number of unbranched alkanes of at least 4 members (excludes halogenated alkanes) is 1. The number of halogens is 4. The van der Waals surface area contributed by atoms with Crippen molar-refractivity contribution in [2.45, 2.75) is 26.4 Å². The van der Waals surface area contributed by atoms with Crippen molar-refractivity contribution in [2.75, 3.05) is 33.0 Å². The third-order valence-electron chi connectivity index (χ3n) is 6.61. The highest BCUT2D eigenvalue weighted by molar-refractivity contribution is 6.36. The molecule has 0 atom stereocenters. The van der Waals surface area contributed by atoms with Gasteiger partial charge in [-0.2, -0.15) is 0 Å². The first-order valence-corrected chi connectivity index (χ1v) is 17.0. The van der Waals surface area contributed by atoms with Gasteiger partial charge in [0, 0.05) is 21.2 Å². The number of carbonyl (C=O) groups excluding carboxylic acids is 4. The van der Waals surface area contributed by atoms with Gasteiger partial charge in [-0.15, -0.1) is 0 Å². The molecule has 0 heterocycles. The quantitative estimate of drug-likeness (QED) is 0.0634. The molecule has 0 fully saturated rings. The van der Waals surface area contributed by atoms with E-state index in [1.165, 1.54) is 18.2 Å². The van der Waals surface area contributed by atoms with Crippen LogP contribution in [0, 0.1) is 0 Å². The predicted molar refractivity (Wildman–Crippen MR) is 194 cm³/mol. The summed E-state index contributed by atoms with van der Waals surface area (Å²) in [6.45, 7) is 1.12. The van der Waals surface area contributed by atoms with E-state index in [0.29, 0.717) is 50.6 Å². The molecule has 10 nitrogen and oxygen atoms in total. The Morgan fingerprint density at radius 1 is 0.588 bits per heavy atom. The van der Waals surface area contributed by atoms with Crippen molar-refractivity contribution in [3.63, 3.8) is 0 Å². The van der Waals surface area contributed by atoms with Gasteiger partial charge in [0.1, 0.15) is 17.2 Å². The van der Waals surface area contributed by atoms with Crippen LogP contribution in [0.1, 0.15) is 46.0 Å². The Bertz CT molecular complexity index is 1760. The van der Waals surface area contributed by atoms with Gasteiger partial charge < -0.3 is 28.8 Å². The van der Waals surface area contributed by atoms with Gasteiger partial charge in [0.25, 0.3) is 0 Å². The molecule has 1 N–H and O–H groups in total. The second-order valence-electron chi connectivity index (χ2n) is 10.5. The first-order valence-electron chi connectivity index (χ1n) is 15.4. The maximum atomic E-state index is 12.1. The number of aliphatic hydroxyl groups excluding tert-OH is 1. The van der Waals surface area contributed by atoms with E-state index in [-0.39, 0.29) is 48.0 Å². The third-order valence-corrected chi connectivity index (χ3v) is 7.67. The SMILES string of the molecule is CCCCOc1ccc(C(=O)COC(=O)COc2ccc(Cl)cc2Cl)cc1.O=C(COc1ccc(Cl)cc1Cl)OCC(=O)c1ccc(CO)cc1. The smallest absolute Gasteiger partial charge is 0.344 e. The standard InChI is InChI=1S/C20H20Cl2O5.C17H14Cl2O5/c1-2-3-10-25-16-7-4-14(5-8-16)18(23)12-27-20(24)13-26-19-9-6-15(21)11-17(19)22;18-13-5-6-16(14(19)7-13)23-10-17(22)24-9-15(21)12-3-1-11(8-20)2-4-12/h4-9,11H,2-3,10,12-13H2,1H3;1-7,20H,8-10H2. The molecule has 0 saturated carbocycles. The number of Topliss-reactive ketones (excluding diaryl/α,β-unsaturated/α-hetero) is 2. The molecule has 0 spiro atoms. The van der Waals surface area contributed by atoms with E-state index in [9.17, 15) is 19.2 Å². The molecule has 14 heteroatoms. The minimum absolute atomic E-state index is 0.103. The average Bonchev–Trinajstić information content (AvgIpc) is 3.12. The predicted octanol–water partition coefficient (Wildman–Crippen LogP) is 8.27. The monoisotopic (exact) mass is 778 g/mol. The molecule has 0 radical (unpaired) electrons. The minimum atomic E-state index is -0.693. The Labute approximate surface area is 315 Å². The molecule has 0 saturated heterocycles. The molecule has 0 bridgehead atoms. The molecule has 4 aromatic carbocycles. The highest BCUT2D eigenvalue weighted by atomic mass is 35.5. The first-order chi connectivity index (χ1) is 24.5. The molecule has 0 aliphatic heterocycles. The van der Waals surface area contributed by atoms with Crippen LogP contribution in [0.15, 0.2) is 84.9 Å². The minimum Gasteiger partial charge on any atom is -0.494 e. The molecule has 0 aromatic heterocycles. The van der Waals surface area contributed by atoms with Crippen LogP contribution in [-0.4, -0.2) is 61.6 Å². The Kier molecular flexibility index (Phi) is 17.6. The number of carbonyl (C=O) groups is 4. The van der Waals surface area contributed by atoms with E-state index in [4.69, 9.17) is 75.2 Å². The van der Waals surface area contributed by atoms with E-state index in [1.807, 2.05) is 0 Å². The Morgan fingerprint density at radius 2 is 1.04 bits per heavy atom. The molecule has 4 aromatic rings. The van der Waals surface area contributed by atoms with Crippen LogP contribution in [-0.2, 0) is 25.7 Å². The summed E-state index contributed by atoms with van der Waals surface area (Å²) < 4.78 is 25.8. The highest BCUT2D eigenvalue weighted by Crippen LogP contribution is 2.28. The summed E-state index contributed by atoms with van der Waals surface area (Å²) in [6, 6.07) is 22.3. The summed E-state index contributed by atoms with van der Waals surface area (Å²) in [5, 5.41) is 10.4. The fourth-order valence-electron chi connectivity index (χ4n) is 3.87. The summed E-state index contributed by atoms with van der Waals surface area (Å²) in [7, 11) is 0. The van der Waals surface area contributed by atoms with E-state index in [0.717, 1.165) is 12.8 Å². The Balaban J connectivity index is 0.000000277. The number of ether oxygens (including phenoxy) is 5. The van der Waals surface area contributed by atoms with Gasteiger partial charge in [-0.3, -0.25) is 9.59 Å². The van der Waals surface area contributed by atoms with Crippen LogP contribution < -0.4 is 14.2 Å². The highest BCUT2D eigenvalue weighted by Gasteiger charge is 2.13. The lowest BCUT2D eigenvalue weighted by atomic mass is 10.1. The maximum absolute atomic E-state index is 12.1. The second kappa shape index (κ2) is 21.8. The summed E-state index contributed by atoms with van der Waals surface area (Å²) in [4.78, 5) is 47.4. The van der Waals surface area contributed by atoms with Crippen LogP contribution in [0.5, 0.6) is 17.2 Å². The van der Waals surface area contributed by atoms with E-state index < -0.39 is 18.5 Å². The van der Waals surface area contributed by atoms with Crippen molar-refractivity contribution in [2.24, 2.45) is 0 Å². The molecule has 4 rings (SSSR count). The summed E-state index contributed by atoms with van der Waals surface area (Å²) in [5.41, 5.74) is 1.52. The molecule has 270 valence electrons. The molecule has 0 aliphatic rings. The summed E-state index contributed by atoms with van der Waals surface area (Å²) in [5.74, 6) is -0.724. The van der Waals surface area contributed by atoms with Gasteiger partial charge in [-0.25, -0.2) is 9.59 Å². The topological polar surface area (TPSA) is 135 Å². The van der Waals surface area contributed by atoms with Gasteiger partial charge in [0.15, 0.2) is 38.0 Å². The molecule has 0 unspecified atom stereocenters. The van der Waals surface area contributed by atoms with Crippen LogP contribution in [0.25, 0.3) is 0 Å². The van der Waals surface area contributed by atoms with Gasteiger partial charge in [-0.1, -0.05) is 84.0 Å². The fraction of sp³-hybridized carbons (Fsp3) is 0.243. The van der Waals surface area contributed by atoms with Crippen LogP contribution >= 0.6 is 46.4 Å². The maximum Gasteiger partial charge on any atom is 0.344 e. The lowest BCUT2D eigenvalue weighted by molar-refractivity contribution is -0.145. The van der Waals surface area contributed by atoms with Gasteiger partial charge in [-0.05, 0) is 72.6 Å². The number of ketones is 2. The normalized spacial score (nSPS) is 10.3. The molecule has 0 aliphatic carbocycles. The summed E-state index contributed by atoms with van der Waals surface area (Å²) >= 11 is 23.4. The van der Waals surface area contributed by atoms with Gasteiger partial charge >= 0.3 is 11.9 Å². The molecular formula is C37H34Cl4O10.